The monoisotopic (exact) mass is 366 g/mol. The van der Waals surface area contributed by atoms with Crippen molar-refractivity contribution in [2.45, 2.75) is 19.4 Å². The van der Waals surface area contributed by atoms with Gasteiger partial charge in [-0.1, -0.05) is 48.5 Å². The van der Waals surface area contributed by atoms with Crippen LogP contribution in [0.1, 0.15) is 18.4 Å². The van der Waals surface area contributed by atoms with Gasteiger partial charge >= 0.3 is 0 Å². The average molecular weight is 366 g/mol. The minimum absolute atomic E-state index is 0.00929. The van der Waals surface area contributed by atoms with Crippen LogP contribution in [0.2, 0.25) is 0 Å². The first-order valence-corrected chi connectivity index (χ1v) is 9.36. The number of nitrogens with zero attached hydrogens (tertiary/aromatic N) is 1. The van der Waals surface area contributed by atoms with Gasteiger partial charge in [-0.15, -0.1) is 0 Å². The van der Waals surface area contributed by atoms with Crippen molar-refractivity contribution in [1.82, 2.24) is 10.2 Å². The normalized spacial score (nSPS) is 16.8. The molecule has 27 heavy (non-hydrogen) atoms. The van der Waals surface area contributed by atoms with Crippen LogP contribution in [-0.2, 0) is 20.9 Å². The van der Waals surface area contributed by atoms with Crippen LogP contribution in [-0.4, -0.2) is 43.5 Å². The van der Waals surface area contributed by atoms with E-state index in [0.717, 1.165) is 29.5 Å². The molecule has 1 N–H and O–H groups in total. The number of carbonyl (C=O) groups excluding carboxylic acids is 2. The number of hydrogen-bond donors (Lipinski definition) is 1. The molecule has 2 aromatic carbocycles. The molecule has 5 heteroatoms. The van der Waals surface area contributed by atoms with Crippen molar-refractivity contribution >= 4 is 11.8 Å². The van der Waals surface area contributed by atoms with E-state index in [0.29, 0.717) is 19.6 Å². The maximum atomic E-state index is 12.6. The molecule has 0 saturated carbocycles. The Bertz CT molecular complexity index is 776. The summed E-state index contributed by atoms with van der Waals surface area (Å²) < 4.78 is 4.91. The summed E-state index contributed by atoms with van der Waals surface area (Å²) in [6.07, 6.45) is 1.66. The standard InChI is InChI=1S/C22H26N2O3/c1-27-16-21(25)24-12-6-11-20(15-24)22(26)23-14-17-7-5-10-19(13-17)18-8-3-2-4-9-18/h2-5,7-10,13,20H,6,11-12,14-16H2,1H3,(H,23,26). The second-order valence-electron chi connectivity index (χ2n) is 6.90. The zero-order valence-electron chi connectivity index (χ0n) is 15.7. The molecule has 1 heterocycles. The second-order valence-corrected chi connectivity index (χ2v) is 6.90. The molecule has 142 valence electrons. The number of rotatable bonds is 6. The van der Waals surface area contributed by atoms with E-state index in [1.54, 1.807) is 4.90 Å². The fraction of sp³-hybridized carbons (Fsp3) is 0.364. The number of piperidine rings is 1. The van der Waals surface area contributed by atoms with E-state index < -0.39 is 0 Å². The highest BCUT2D eigenvalue weighted by Crippen LogP contribution is 2.20. The SMILES string of the molecule is COCC(=O)N1CCCC(C(=O)NCc2cccc(-c3ccccc3)c2)C1. The number of amides is 2. The Morgan fingerprint density at radius 3 is 2.67 bits per heavy atom. The van der Waals surface area contributed by atoms with Crippen molar-refractivity contribution in [3.8, 4) is 11.1 Å². The molecule has 1 atom stereocenters. The van der Waals surface area contributed by atoms with E-state index in [4.69, 9.17) is 4.74 Å². The molecule has 2 amide bonds. The molecule has 1 fully saturated rings. The third kappa shape index (κ3) is 5.17. The average Bonchev–Trinajstić information content (AvgIpc) is 2.73. The molecule has 0 bridgehead atoms. The van der Waals surface area contributed by atoms with E-state index in [1.165, 1.54) is 7.11 Å². The van der Waals surface area contributed by atoms with Crippen molar-refractivity contribution in [3.63, 3.8) is 0 Å². The maximum absolute atomic E-state index is 12.6. The van der Waals surface area contributed by atoms with Gasteiger partial charge in [-0.2, -0.15) is 0 Å². The summed E-state index contributed by atoms with van der Waals surface area (Å²) in [4.78, 5) is 26.3. The summed E-state index contributed by atoms with van der Waals surface area (Å²) in [7, 11) is 1.51. The number of hydrogen-bond acceptors (Lipinski definition) is 3. The van der Waals surface area contributed by atoms with Gasteiger partial charge in [-0.25, -0.2) is 0 Å². The lowest BCUT2D eigenvalue weighted by atomic mass is 9.97. The van der Waals surface area contributed by atoms with Crippen molar-refractivity contribution in [2.24, 2.45) is 5.92 Å². The molecule has 1 unspecified atom stereocenters. The van der Waals surface area contributed by atoms with Crippen molar-refractivity contribution in [2.75, 3.05) is 26.8 Å². The highest BCUT2D eigenvalue weighted by Gasteiger charge is 2.28. The highest BCUT2D eigenvalue weighted by atomic mass is 16.5. The third-order valence-electron chi connectivity index (χ3n) is 4.91. The number of methoxy groups -OCH3 is 1. The summed E-state index contributed by atoms with van der Waals surface area (Å²) in [6, 6.07) is 18.4. The lowest BCUT2D eigenvalue weighted by molar-refractivity contribution is -0.139. The smallest absolute Gasteiger partial charge is 0.248 e. The van der Waals surface area contributed by atoms with Gasteiger partial charge in [0, 0.05) is 26.7 Å². The van der Waals surface area contributed by atoms with E-state index >= 15 is 0 Å². The highest BCUT2D eigenvalue weighted by molar-refractivity contribution is 5.81. The Balaban J connectivity index is 1.57. The minimum atomic E-state index is -0.156. The third-order valence-corrected chi connectivity index (χ3v) is 4.91. The number of benzene rings is 2. The lowest BCUT2D eigenvalue weighted by Gasteiger charge is -2.32. The topological polar surface area (TPSA) is 58.6 Å². The van der Waals surface area contributed by atoms with Crippen molar-refractivity contribution < 1.29 is 14.3 Å². The van der Waals surface area contributed by atoms with Crippen molar-refractivity contribution in [1.29, 1.82) is 0 Å². The largest absolute Gasteiger partial charge is 0.375 e. The van der Waals surface area contributed by atoms with E-state index in [-0.39, 0.29) is 24.3 Å². The number of ether oxygens (including phenoxy) is 1. The van der Waals surface area contributed by atoms with Gasteiger partial charge in [-0.3, -0.25) is 9.59 Å². The van der Waals surface area contributed by atoms with Gasteiger partial charge in [0.25, 0.3) is 0 Å². The molecule has 3 rings (SSSR count). The first-order valence-electron chi connectivity index (χ1n) is 9.36. The Morgan fingerprint density at radius 2 is 1.89 bits per heavy atom. The van der Waals surface area contributed by atoms with Crippen molar-refractivity contribution in [3.05, 3.63) is 60.2 Å². The molecular formula is C22H26N2O3. The molecule has 0 aromatic heterocycles. The van der Waals surface area contributed by atoms with E-state index in [2.05, 4.69) is 29.6 Å². The van der Waals surface area contributed by atoms with Crippen LogP contribution in [0.3, 0.4) is 0 Å². The van der Waals surface area contributed by atoms with E-state index in [9.17, 15) is 9.59 Å². The maximum Gasteiger partial charge on any atom is 0.248 e. The van der Waals surface area contributed by atoms with Gasteiger partial charge in [0.2, 0.25) is 11.8 Å². The second kappa shape index (κ2) is 9.33. The Kier molecular flexibility index (Phi) is 6.60. The first kappa shape index (κ1) is 19.1. The van der Waals surface area contributed by atoms with Gasteiger partial charge in [-0.05, 0) is 35.6 Å². The summed E-state index contributed by atoms with van der Waals surface area (Å²) in [5.41, 5.74) is 3.36. The van der Waals surface area contributed by atoms with Crippen LogP contribution in [0.4, 0.5) is 0 Å². The Morgan fingerprint density at radius 1 is 1.11 bits per heavy atom. The summed E-state index contributed by atoms with van der Waals surface area (Å²) in [6.45, 7) is 1.73. The Labute approximate surface area is 160 Å². The predicted molar refractivity (Wildman–Crippen MR) is 105 cm³/mol. The molecule has 0 spiro atoms. The van der Waals surface area contributed by atoms with Crippen LogP contribution < -0.4 is 5.32 Å². The van der Waals surface area contributed by atoms with Gasteiger partial charge < -0.3 is 15.0 Å². The minimum Gasteiger partial charge on any atom is -0.375 e. The molecule has 1 saturated heterocycles. The van der Waals surface area contributed by atoms with Crippen LogP contribution in [0.5, 0.6) is 0 Å². The molecule has 0 aliphatic carbocycles. The summed E-state index contributed by atoms with van der Waals surface area (Å²) >= 11 is 0. The van der Waals surface area contributed by atoms with Gasteiger partial charge in [0.05, 0.1) is 5.92 Å². The quantitative estimate of drug-likeness (QED) is 0.855. The fourth-order valence-electron chi connectivity index (χ4n) is 3.46. The first-order chi connectivity index (χ1) is 13.2. The zero-order chi connectivity index (χ0) is 19.1. The van der Waals surface area contributed by atoms with Crippen LogP contribution in [0.15, 0.2) is 54.6 Å². The fourth-order valence-corrected chi connectivity index (χ4v) is 3.46. The molecular weight excluding hydrogens is 340 g/mol. The molecule has 2 aromatic rings. The summed E-state index contributed by atoms with van der Waals surface area (Å²) in [5, 5.41) is 3.03. The van der Waals surface area contributed by atoms with Gasteiger partial charge in [0.1, 0.15) is 6.61 Å². The van der Waals surface area contributed by atoms with Crippen LogP contribution in [0.25, 0.3) is 11.1 Å². The summed E-state index contributed by atoms with van der Waals surface area (Å²) in [5.74, 6) is -0.197. The number of nitrogens with one attached hydrogen (secondary N) is 1. The Hall–Kier alpha value is -2.66. The van der Waals surface area contributed by atoms with Crippen LogP contribution in [0, 0.1) is 5.92 Å². The van der Waals surface area contributed by atoms with Gasteiger partial charge in [0.15, 0.2) is 0 Å². The molecule has 5 nitrogen and oxygen atoms in total. The molecule has 1 aliphatic heterocycles. The zero-order valence-corrected chi connectivity index (χ0v) is 15.7. The van der Waals surface area contributed by atoms with Crippen LogP contribution >= 0.6 is 0 Å². The molecule has 1 aliphatic rings. The number of carbonyl (C=O) groups is 2. The van der Waals surface area contributed by atoms with E-state index in [1.807, 2.05) is 30.3 Å². The molecule has 0 radical (unpaired) electrons. The lowest BCUT2D eigenvalue weighted by Crippen LogP contribution is -2.46. The predicted octanol–water partition coefficient (Wildman–Crippen LogP) is 2.85. The number of likely N-dealkylation sites (tertiary alicyclic amines) is 1.